The summed E-state index contributed by atoms with van der Waals surface area (Å²) in [6.45, 7) is 1.84. The lowest BCUT2D eigenvalue weighted by Gasteiger charge is -2.06. The molecule has 0 aromatic heterocycles. The Balaban J connectivity index is 2.62. The average molecular weight is 237 g/mol. The van der Waals surface area contributed by atoms with Gasteiger partial charge in [-0.1, -0.05) is 17.7 Å². The maximum absolute atomic E-state index is 13.6. The van der Waals surface area contributed by atoms with E-state index in [1.165, 1.54) is 18.2 Å². The van der Waals surface area contributed by atoms with Crippen molar-refractivity contribution >= 4 is 11.6 Å². The largest absolute Gasteiger partial charge is 0.508 e. The second-order valence-corrected chi connectivity index (χ2v) is 4.12. The average Bonchev–Trinajstić information content (AvgIpc) is 2.20. The van der Waals surface area contributed by atoms with Gasteiger partial charge in [0.15, 0.2) is 0 Å². The summed E-state index contributed by atoms with van der Waals surface area (Å²) in [5.41, 5.74) is 1.89. The van der Waals surface area contributed by atoms with E-state index in [0.29, 0.717) is 16.1 Å². The number of phenols is 1. The molecule has 0 atom stereocenters. The van der Waals surface area contributed by atoms with Crippen LogP contribution >= 0.6 is 11.6 Å². The molecule has 0 amide bonds. The number of halogens is 2. The second kappa shape index (κ2) is 4.14. The van der Waals surface area contributed by atoms with Gasteiger partial charge in [-0.2, -0.15) is 0 Å². The fourth-order valence-electron chi connectivity index (χ4n) is 1.64. The highest BCUT2D eigenvalue weighted by molar-refractivity contribution is 6.30. The highest BCUT2D eigenvalue weighted by Gasteiger charge is 2.07. The van der Waals surface area contributed by atoms with Gasteiger partial charge in [-0.05, 0) is 48.4 Å². The lowest BCUT2D eigenvalue weighted by atomic mass is 10.0. The fourth-order valence-corrected chi connectivity index (χ4v) is 1.81. The van der Waals surface area contributed by atoms with E-state index in [4.69, 9.17) is 11.6 Å². The van der Waals surface area contributed by atoms with Crippen molar-refractivity contribution in [3.05, 3.63) is 52.8 Å². The summed E-state index contributed by atoms with van der Waals surface area (Å²) < 4.78 is 13.6. The van der Waals surface area contributed by atoms with Gasteiger partial charge < -0.3 is 5.11 Å². The molecule has 0 saturated heterocycles. The van der Waals surface area contributed by atoms with E-state index in [1.54, 1.807) is 18.2 Å². The molecule has 0 heterocycles. The van der Waals surface area contributed by atoms with Crippen LogP contribution in [0.15, 0.2) is 36.4 Å². The number of rotatable bonds is 1. The van der Waals surface area contributed by atoms with Crippen LogP contribution in [0.25, 0.3) is 11.1 Å². The molecule has 0 aliphatic carbocycles. The Bertz CT molecular complexity index is 517. The number of hydrogen-bond donors (Lipinski definition) is 1. The summed E-state index contributed by atoms with van der Waals surface area (Å²) >= 11 is 5.82. The molecule has 2 aromatic carbocycles. The predicted octanol–water partition coefficient (Wildman–Crippen LogP) is 4.16. The summed E-state index contributed by atoms with van der Waals surface area (Å²) in [6, 6.07) is 9.29. The monoisotopic (exact) mass is 236 g/mol. The van der Waals surface area contributed by atoms with E-state index >= 15 is 0 Å². The Morgan fingerprint density at radius 2 is 1.88 bits per heavy atom. The van der Waals surface area contributed by atoms with Crippen LogP contribution in [-0.2, 0) is 0 Å². The minimum atomic E-state index is -0.352. The maximum atomic E-state index is 13.6. The second-order valence-electron chi connectivity index (χ2n) is 3.68. The predicted molar refractivity (Wildman–Crippen MR) is 63.2 cm³/mol. The molecule has 0 unspecified atom stereocenters. The molecule has 0 saturated carbocycles. The van der Waals surface area contributed by atoms with Crippen LogP contribution in [0, 0.1) is 12.7 Å². The summed E-state index contributed by atoms with van der Waals surface area (Å²) in [6.07, 6.45) is 0. The minimum Gasteiger partial charge on any atom is -0.508 e. The van der Waals surface area contributed by atoms with Crippen molar-refractivity contribution in [1.29, 1.82) is 0 Å². The summed E-state index contributed by atoms with van der Waals surface area (Å²) in [4.78, 5) is 0. The van der Waals surface area contributed by atoms with Crippen molar-refractivity contribution in [2.45, 2.75) is 6.92 Å². The molecule has 1 nitrogen and oxygen atoms in total. The molecule has 2 aromatic rings. The molecule has 0 spiro atoms. The van der Waals surface area contributed by atoms with Crippen molar-refractivity contribution in [2.24, 2.45) is 0 Å². The standard InChI is InChI=1S/C13H10ClFO/c1-8-4-9(6-11(16)5-8)12-7-10(14)2-3-13(12)15/h2-7,16H,1H3. The van der Waals surface area contributed by atoms with Crippen molar-refractivity contribution in [3.8, 4) is 16.9 Å². The van der Waals surface area contributed by atoms with Crippen molar-refractivity contribution in [3.63, 3.8) is 0 Å². The van der Waals surface area contributed by atoms with E-state index in [-0.39, 0.29) is 11.6 Å². The Kier molecular flexibility index (Phi) is 2.84. The van der Waals surface area contributed by atoms with Crippen LogP contribution in [0.2, 0.25) is 5.02 Å². The third-order valence-electron chi connectivity index (χ3n) is 2.30. The molecule has 16 heavy (non-hydrogen) atoms. The van der Waals surface area contributed by atoms with Gasteiger partial charge in [0.05, 0.1) is 0 Å². The third-order valence-corrected chi connectivity index (χ3v) is 2.54. The lowest BCUT2D eigenvalue weighted by molar-refractivity contribution is 0.475. The normalized spacial score (nSPS) is 10.4. The molecular weight excluding hydrogens is 227 g/mol. The number of benzene rings is 2. The molecule has 0 radical (unpaired) electrons. The van der Waals surface area contributed by atoms with E-state index in [9.17, 15) is 9.50 Å². The third kappa shape index (κ3) is 2.17. The molecule has 82 valence electrons. The van der Waals surface area contributed by atoms with Crippen molar-refractivity contribution < 1.29 is 9.50 Å². The molecule has 0 aliphatic rings. The first-order chi connectivity index (χ1) is 7.56. The Hall–Kier alpha value is -1.54. The van der Waals surface area contributed by atoms with Crippen LogP contribution in [-0.4, -0.2) is 5.11 Å². The van der Waals surface area contributed by atoms with E-state index in [0.717, 1.165) is 5.56 Å². The van der Waals surface area contributed by atoms with Crippen molar-refractivity contribution in [2.75, 3.05) is 0 Å². The summed E-state index contributed by atoms with van der Waals surface area (Å²) in [7, 11) is 0. The van der Waals surface area contributed by atoms with Crippen LogP contribution in [0.1, 0.15) is 5.56 Å². The number of aryl methyl sites for hydroxylation is 1. The molecule has 0 bridgehead atoms. The topological polar surface area (TPSA) is 20.2 Å². The fraction of sp³-hybridized carbons (Fsp3) is 0.0769. The zero-order valence-electron chi connectivity index (χ0n) is 8.67. The van der Waals surface area contributed by atoms with Gasteiger partial charge in [-0.25, -0.2) is 4.39 Å². The number of aromatic hydroxyl groups is 1. The van der Waals surface area contributed by atoms with Gasteiger partial charge in [0.25, 0.3) is 0 Å². The zero-order chi connectivity index (χ0) is 11.7. The molecule has 3 heteroatoms. The smallest absolute Gasteiger partial charge is 0.131 e. The molecule has 2 rings (SSSR count). The van der Waals surface area contributed by atoms with Crippen LogP contribution < -0.4 is 0 Å². The number of hydrogen-bond acceptors (Lipinski definition) is 1. The SMILES string of the molecule is Cc1cc(O)cc(-c2cc(Cl)ccc2F)c1. The summed E-state index contributed by atoms with van der Waals surface area (Å²) in [5, 5.41) is 9.93. The van der Waals surface area contributed by atoms with Crippen LogP contribution in [0.3, 0.4) is 0 Å². The quantitative estimate of drug-likeness (QED) is 0.788. The Morgan fingerprint density at radius 3 is 2.56 bits per heavy atom. The van der Waals surface area contributed by atoms with Gasteiger partial charge in [-0.15, -0.1) is 0 Å². The minimum absolute atomic E-state index is 0.120. The van der Waals surface area contributed by atoms with Crippen LogP contribution in [0.4, 0.5) is 4.39 Å². The van der Waals surface area contributed by atoms with Gasteiger partial charge in [0, 0.05) is 10.6 Å². The van der Waals surface area contributed by atoms with E-state index in [1.807, 2.05) is 6.92 Å². The highest BCUT2D eigenvalue weighted by atomic mass is 35.5. The van der Waals surface area contributed by atoms with Gasteiger partial charge in [0.1, 0.15) is 11.6 Å². The van der Waals surface area contributed by atoms with Crippen molar-refractivity contribution in [1.82, 2.24) is 0 Å². The first kappa shape index (κ1) is 11.0. The first-order valence-corrected chi connectivity index (χ1v) is 5.20. The van der Waals surface area contributed by atoms with E-state index < -0.39 is 0 Å². The number of phenolic OH excluding ortho intramolecular Hbond substituents is 1. The van der Waals surface area contributed by atoms with Gasteiger partial charge in [0.2, 0.25) is 0 Å². The molecule has 1 N–H and O–H groups in total. The molecule has 0 fully saturated rings. The van der Waals surface area contributed by atoms with Crippen LogP contribution in [0.5, 0.6) is 5.75 Å². The lowest BCUT2D eigenvalue weighted by Crippen LogP contribution is -1.85. The highest BCUT2D eigenvalue weighted by Crippen LogP contribution is 2.29. The Labute approximate surface area is 98.1 Å². The maximum Gasteiger partial charge on any atom is 0.131 e. The molecule has 0 aliphatic heterocycles. The molecular formula is C13H10ClFO. The Morgan fingerprint density at radius 1 is 1.12 bits per heavy atom. The van der Waals surface area contributed by atoms with E-state index in [2.05, 4.69) is 0 Å². The van der Waals surface area contributed by atoms with Gasteiger partial charge >= 0.3 is 0 Å². The van der Waals surface area contributed by atoms with Gasteiger partial charge in [-0.3, -0.25) is 0 Å². The zero-order valence-corrected chi connectivity index (χ0v) is 9.42. The summed E-state index contributed by atoms with van der Waals surface area (Å²) in [5.74, 6) is -0.233. The first-order valence-electron chi connectivity index (χ1n) is 4.82.